The van der Waals surface area contributed by atoms with Crippen LogP contribution in [-0.4, -0.2) is 63.3 Å². The summed E-state index contributed by atoms with van der Waals surface area (Å²) < 4.78 is 10.9. The van der Waals surface area contributed by atoms with Gasteiger partial charge in [0.1, 0.15) is 5.75 Å². The lowest BCUT2D eigenvalue weighted by molar-refractivity contribution is -0.139. The highest BCUT2D eigenvalue weighted by molar-refractivity contribution is 5.95. The fraction of sp³-hybridized carbons (Fsp3) is 0.360. The number of para-hydroxylation sites is 2. The number of hydrogen-bond donors (Lipinski definition) is 2. The molecule has 0 spiro atoms. The average Bonchev–Trinajstić information content (AvgIpc) is 2.85. The van der Waals surface area contributed by atoms with Crippen LogP contribution in [0, 0.1) is 0 Å². The van der Waals surface area contributed by atoms with Gasteiger partial charge in [-0.15, -0.1) is 0 Å². The summed E-state index contributed by atoms with van der Waals surface area (Å²) in [7, 11) is 1.68. The Bertz CT molecular complexity index is 1020. The third-order valence-electron chi connectivity index (χ3n) is 5.96. The molecule has 8 heteroatoms. The summed E-state index contributed by atoms with van der Waals surface area (Å²) in [6.45, 7) is 5.72. The molecule has 2 aromatic carbocycles. The zero-order valence-electron chi connectivity index (χ0n) is 19.0. The predicted molar refractivity (Wildman–Crippen MR) is 126 cm³/mol. The molecular formula is C25H30N4O4. The second-order valence-electron chi connectivity index (χ2n) is 7.99. The van der Waals surface area contributed by atoms with Crippen molar-refractivity contribution >= 4 is 17.7 Å². The first-order valence-corrected chi connectivity index (χ1v) is 11.2. The topological polar surface area (TPSA) is 83.1 Å². The summed E-state index contributed by atoms with van der Waals surface area (Å²) in [5.41, 5.74) is 2.96. The summed E-state index contributed by atoms with van der Waals surface area (Å²) in [5, 5.41) is 5.75. The molecule has 2 heterocycles. The van der Waals surface area contributed by atoms with Crippen molar-refractivity contribution in [2.24, 2.45) is 0 Å². The number of rotatable bonds is 7. The van der Waals surface area contributed by atoms with E-state index in [1.165, 1.54) is 0 Å². The number of benzene rings is 2. The first-order chi connectivity index (χ1) is 16.1. The van der Waals surface area contributed by atoms with Crippen molar-refractivity contribution in [1.82, 2.24) is 15.5 Å². The van der Waals surface area contributed by atoms with Crippen molar-refractivity contribution in [3.05, 3.63) is 71.4 Å². The van der Waals surface area contributed by atoms with Gasteiger partial charge in [0.2, 0.25) is 0 Å². The van der Waals surface area contributed by atoms with E-state index in [0.29, 0.717) is 17.8 Å². The highest BCUT2D eigenvalue weighted by Crippen LogP contribution is 2.30. The molecular weight excluding hydrogens is 420 g/mol. The molecule has 1 saturated heterocycles. The molecule has 1 atom stereocenters. The summed E-state index contributed by atoms with van der Waals surface area (Å²) in [5.74, 6) is 0.441. The molecule has 1 fully saturated rings. The minimum Gasteiger partial charge on any atom is -0.495 e. The third-order valence-corrected chi connectivity index (χ3v) is 5.96. The second kappa shape index (κ2) is 10.4. The van der Waals surface area contributed by atoms with Crippen molar-refractivity contribution in [2.75, 3.05) is 51.3 Å². The van der Waals surface area contributed by atoms with Gasteiger partial charge < -0.3 is 25.0 Å². The van der Waals surface area contributed by atoms with Gasteiger partial charge in [-0.2, -0.15) is 0 Å². The molecule has 2 aliphatic rings. The van der Waals surface area contributed by atoms with Crippen LogP contribution in [0.1, 0.15) is 18.5 Å². The van der Waals surface area contributed by atoms with E-state index in [0.717, 1.165) is 43.2 Å². The van der Waals surface area contributed by atoms with E-state index in [2.05, 4.69) is 26.5 Å². The summed E-state index contributed by atoms with van der Waals surface area (Å²) in [6, 6.07) is 16.6. The third kappa shape index (κ3) is 5.12. The number of anilines is 1. The number of hydrogen-bond acceptors (Lipinski definition) is 6. The Labute approximate surface area is 194 Å². The normalized spacial score (nSPS) is 19.0. The van der Waals surface area contributed by atoms with Gasteiger partial charge in [0, 0.05) is 38.4 Å². The molecule has 4 rings (SSSR count). The summed E-state index contributed by atoms with van der Waals surface area (Å²) in [6.07, 6.45) is 0. The molecule has 0 saturated carbocycles. The molecule has 2 N–H and O–H groups in total. The number of amides is 2. The number of methoxy groups -OCH3 is 1. The Morgan fingerprint density at radius 3 is 2.42 bits per heavy atom. The standard InChI is InChI=1S/C25H30N4O4/c1-3-33-24(30)22-19(26-25(31)27-23(22)18-9-5-4-6-10-18)17-28-13-15-29(16-14-28)20-11-7-8-12-21(20)32-2/h4-12,23H,3,13-17H2,1-2H3,(H2,26,27,31)/t23-/m0/s1. The van der Waals surface area contributed by atoms with Gasteiger partial charge in [-0.05, 0) is 24.6 Å². The number of nitrogens with zero attached hydrogens (tertiary/aromatic N) is 2. The van der Waals surface area contributed by atoms with E-state index < -0.39 is 12.0 Å². The molecule has 2 aliphatic heterocycles. The number of nitrogens with one attached hydrogen (secondary N) is 2. The Balaban J connectivity index is 1.54. The Kier molecular flexibility index (Phi) is 7.14. The van der Waals surface area contributed by atoms with Crippen LogP contribution < -0.4 is 20.3 Å². The zero-order valence-corrected chi connectivity index (χ0v) is 19.0. The molecule has 0 aliphatic carbocycles. The van der Waals surface area contributed by atoms with Crippen LogP contribution >= 0.6 is 0 Å². The van der Waals surface area contributed by atoms with Crippen LogP contribution in [0.2, 0.25) is 0 Å². The fourth-order valence-corrected chi connectivity index (χ4v) is 4.35. The molecule has 8 nitrogen and oxygen atoms in total. The van der Waals surface area contributed by atoms with Crippen LogP contribution in [0.25, 0.3) is 0 Å². The molecule has 33 heavy (non-hydrogen) atoms. The van der Waals surface area contributed by atoms with E-state index in [4.69, 9.17) is 9.47 Å². The first kappa shape index (κ1) is 22.7. The SMILES string of the molecule is CCOC(=O)C1=C(CN2CCN(c3ccccc3OC)CC2)NC(=O)N[C@H]1c1ccccc1. The van der Waals surface area contributed by atoms with Crippen molar-refractivity contribution in [2.45, 2.75) is 13.0 Å². The van der Waals surface area contributed by atoms with Gasteiger partial charge in [-0.1, -0.05) is 42.5 Å². The number of esters is 1. The number of carbonyl (C=O) groups excluding carboxylic acids is 2. The van der Waals surface area contributed by atoms with E-state index in [1.54, 1.807) is 14.0 Å². The molecule has 0 radical (unpaired) electrons. The van der Waals surface area contributed by atoms with Crippen molar-refractivity contribution in [3.8, 4) is 5.75 Å². The number of ether oxygens (including phenoxy) is 2. The predicted octanol–water partition coefficient (Wildman–Crippen LogP) is 2.69. The van der Waals surface area contributed by atoms with E-state index in [-0.39, 0.29) is 12.6 Å². The van der Waals surface area contributed by atoms with Crippen LogP contribution in [0.15, 0.2) is 65.9 Å². The van der Waals surface area contributed by atoms with Crippen LogP contribution in [-0.2, 0) is 9.53 Å². The molecule has 174 valence electrons. The summed E-state index contributed by atoms with van der Waals surface area (Å²) >= 11 is 0. The maximum atomic E-state index is 12.9. The monoisotopic (exact) mass is 450 g/mol. The van der Waals surface area contributed by atoms with Crippen LogP contribution in [0.4, 0.5) is 10.5 Å². The van der Waals surface area contributed by atoms with E-state index >= 15 is 0 Å². The number of piperazine rings is 1. The average molecular weight is 451 g/mol. The fourth-order valence-electron chi connectivity index (χ4n) is 4.35. The van der Waals surface area contributed by atoms with Gasteiger partial charge in [0.05, 0.1) is 31.0 Å². The molecule has 2 aromatic rings. The highest BCUT2D eigenvalue weighted by atomic mass is 16.5. The highest BCUT2D eigenvalue weighted by Gasteiger charge is 2.34. The van der Waals surface area contributed by atoms with Crippen molar-refractivity contribution in [3.63, 3.8) is 0 Å². The number of carbonyl (C=O) groups is 2. The van der Waals surface area contributed by atoms with Gasteiger partial charge >= 0.3 is 12.0 Å². The molecule has 0 bridgehead atoms. The van der Waals surface area contributed by atoms with Crippen molar-refractivity contribution in [1.29, 1.82) is 0 Å². The maximum Gasteiger partial charge on any atom is 0.338 e. The van der Waals surface area contributed by atoms with Crippen molar-refractivity contribution < 1.29 is 19.1 Å². The van der Waals surface area contributed by atoms with E-state index in [1.807, 2.05) is 48.5 Å². The zero-order chi connectivity index (χ0) is 23.2. The lowest BCUT2D eigenvalue weighted by atomic mass is 9.95. The minimum atomic E-state index is -0.552. The Morgan fingerprint density at radius 1 is 1.03 bits per heavy atom. The number of urea groups is 1. The van der Waals surface area contributed by atoms with E-state index in [9.17, 15) is 9.59 Å². The molecule has 0 unspecified atom stereocenters. The van der Waals surface area contributed by atoms with Gasteiger partial charge in [0.25, 0.3) is 0 Å². The lowest BCUT2D eigenvalue weighted by Gasteiger charge is -2.38. The lowest BCUT2D eigenvalue weighted by Crippen LogP contribution is -2.51. The first-order valence-electron chi connectivity index (χ1n) is 11.2. The Hall–Kier alpha value is -3.52. The minimum absolute atomic E-state index is 0.267. The Morgan fingerprint density at radius 2 is 1.73 bits per heavy atom. The molecule has 2 amide bonds. The maximum absolute atomic E-state index is 12.9. The largest absolute Gasteiger partial charge is 0.495 e. The van der Waals surface area contributed by atoms with Gasteiger partial charge in [-0.3, -0.25) is 4.90 Å². The van der Waals surface area contributed by atoms with Gasteiger partial charge in [0.15, 0.2) is 0 Å². The quantitative estimate of drug-likeness (QED) is 0.631. The summed E-state index contributed by atoms with van der Waals surface area (Å²) in [4.78, 5) is 30.0. The van der Waals surface area contributed by atoms with Crippen LogP contribution in [0.3, 0.4) is 0 Å². The smallest absolute Gasteiger partial charge is 0.338 e. The van der Waals surface area contributed by atoms with Gasteiger partial charge in [-0.25, -0.2) is 9.59 Å². The van der Waals surface area contributed by atoms with Crippen LogP contribution in [0.5, 0.6) is 5.75 Å². The molecule has 0 aromatic heterocycles. The second-order valence-corrected chi connectivity index (χ2v) is 7.99.